The highest BCUT2D eigenvalue weighted by Crippen LogP contribution is 2.42. The first-order valence-corrected chi connectivity index (χ1v) is 21.9. The summed E-state index contributed by atoms with van der Waals surface area (Å²) in [7, 11) is 0. The van der Waals surface area contributed by atoms with E-state index in [0.29, 0.717) is 35.2 Å². The number of benzene rings is 4. The van der Waals surface area contributed by atoms with Crippen molar-refractivity contribution in [2.75, 3.05) is 23.4 Å². The van der Waals surface area contributed by atoms with E-state index >= 15 is 0 Å². The van der Waals surface area contributed by atoms with Crippen molar-refractivity contribution in [1.29, 1.82) is 0 Å². The molecule has 3 atom stereocenters. The Balaban J connectivity index is 1.33. The molecule has 0 saturated heterocycles. The molecule has 2 amide bonds. The number of carboxylic acid groups (broad SMARTS) is 2. The number of carboxylic acids is 2. The zero-order valence-electron chi connectivity index (χ0n) is 33.7. The minimum atomic E-state index is -1.02. The molecule has 3 unspecified atom stereocenters. The van der Waals surface area contributed by atoms with Gasteiger partial charge < -0.3 is 20.8 Å². The second-order valence-corrected chi connectivity index (χ2v) is 18.0. The van der Waals surface area contributed by atoms with Gasteiger partial charge in [-0.1, -0.05) is 65.3 Å². The van der Waals surface area contributed by atoms with E-state index in [2.05, 4.69) is 82.5 Å². The third-order valence-electron chi connectivity index (χ3n) is 10.7. The Morgan fingerprint density at radius 1 is 0.754 bits per heavy atom. The molecule has 57 heavy (non-hydrogen) atoms. The number of carbonyl (C=O) groups excluding carboxylic acids is 2. The summed E-state index contributed by atoms with van der Waals surface area (Å²) in [6.45, 7) is 14.1. The molecule has 0 saturated carbocycles. The summed E-state index contributed by atoms with van der Waals surface area (Å²) in [5, 5.41) is 24.7. The second-order valence-electron chi connectivity index (χ2n) is 15.3. The van der Waals surface area contributed by atoms with Crippen LogP contribution in [0.2, 0.25) is 5.02 Å². The maximum atomic E-state index is 12.6. The molecule has 0 heterocycles. The van der Waals surface area contributed by atoms with Gasteiger partial charge in [0.2, 0.25) is 5.91 Å². The van der Waals surface area contributed by atoms with E-state index in [0.717, 1.165) is 37.2 Å². The molecule has 8 nitrogen and oxygen atoms in total. The molecule has 0 radical (unpaired) electrons. The molecule has 0 aliphatic carbocycles. The van der Waals surface area contributed by atoms with Crippen molar-refractivity contribution in [3.05, 3.63) is 123 Å². The number of halogens is 1. The van der Waals surface area contributed by atoms with Crippen LogP contribution in [0.25, 0.3) is 0 Å². The van der Waals surface area contributed by atoms with Crippen molar-refractivity contribution in [1.82, 2.24) is 5.32 Å². The Morgan fingerprint density at radius 2 is 1.37 bits per heavy atom. The molecule has 4 aromatic rings. The van der Waals surface area contributed by atoms with Gasteiger partial charge in [-0.05, 0) is 144 Å². The summed E-state index contributed by atoms with van der Waals surface area (Å²) in [6, 6.07) is 25.2. The highest BCUT2D eigenvalue weighted by molar-refractivity contribution is 7.99. The minimum Gasteiger partial charge on any atom is -0.478 e. The monoisotopic (exact) mass is 830 g/mol. The molecule has 11 heteroatoms. The van der Waals surface area contributed by atoms with E-state index in [1.165, 1.54) is 62.9 Å². The van der Waals surface area contributed by atoms with Gasteiger partial charge in [0.05, 0.1) is 11.1 Å². The third kappa shape index (κ3) is 13.4. The number of amides is 2. The average molecular weight is 832 g/mol. The molecule has 0 fully saturated rings. The Labute approximate surface area is 351 Å². The number of hydrogen-bond acceptors (Lipinski definition) is 6. The van der Waals surface area contributed by atoms with Crippen LogP contribution >= 0.6 is 35.1 Å². The number of thioether (sulfide) groups is 2. The Hall–Kier alpha value is -4.25. The Kier molecular flexibility index (Phi) is 17.1. The molecule has 0 aliphatic heterocycles. The quantitative estimate of drug-likeness (QED) is 0.0482. The molecule has 4 aromatic carbocycles. The standard InChI is InChI=1S/C46H55ClN2O6S2/c1-7-46(5,6)39-26-35(17-21-41(39)57-28-29(2)23-24-48-43(51)32-11-13-33(14-12-32)44(52)53)30(3)31(4)38-27-36(47)18-22-40(38)56-25-9-8-10-42(50)49-37-19-15-34(16-20-37)45(54)55/h11-22,26-27,29-31H,7-10,23-25,28H2,1-6H3,(H,48,51)(H,49,50)(H,52,53)(H,54,55). The summed E-state index contributed by atoms with van der Waals surface area (Å²) in [6.07, 6.45) is 3.82. The van der Waals surface area contributed by atoms with Crippen LogP contribution in [0.5, 0.6) is 0 Å². The van der Waals surface area contributed by atoms with Gasteiger partial charge in [0.1, 0.15) is 0 Å². The lowest BCUT2D eigenvalue weighted by Crippen LogP contribution is -2.26. The van der Waals surface area contributed by atoms with Gasteiger partial charge in [0.15, 0.2) is 0 Å². The molecule has 0 spiro atoms. The zero-order valence-corrected chi connectivity index (χ0v) is 36.1. The van der Waals surface area contributed by atoms with Crippen molar-refractivity contribution in [3.8, 4) is 0 Å². The second kappa shape index (κ2) is 21.5. The number of unbranched alkanes of at least 4 members (excludes halogenated alkanes) is 1. The van der Waals surface area contributed by atoms with Crippen molar-refractivity contribution in [2.24, 2.45) is 5.92 Å². The van der Waals surface area contributed by atoms with Crippen LogP contribution in [0, 0.1) is 5.92 Å². The fourth-order valence-electron chi connectivity index (χ4n) is 6.34. The summed E-state index contributed by atoms with van der Waals surface area (Å²) in [5.74, 6) is 0.257. The summed E-state index contributed by atoms with van der Waals surface area (Å²) >= 11 is 10.2. The van der Waals surface area contributed by atoms with Gasteiger partial charge in [-0.2, -0.15) is 0 Å². The molecular formula is C46H55ClN2O6S2. The van der Waals surface area contributed by atoms with Crippen LogP contribution in [0.3, 0.4) is 0 Å². The van der Waals surface area contributed by atoms with Crippen LogP contribution in [0.1, 0.15) is 133 Å². The van der Waals surface area contributed by atoms with Gasteiger partial charge in [-0.15, -0.1) is 23.5 Å². The van der Waals surface area contributed by atoms with E-state index in [1.54, 1.807) is 23.9 Å². The predicted octanol–water partition coefficient (Wildman–Crippen LogP) is 11.8. The number of nitrogens with one attached hydrogen (secondary N) is 2. The van der Waals surface area contributed by atoms with Crippen LogP contribution in [-0.2, 0) is 10.2 Å². The minimum absolute atomic E-state index is 0.0202. The van der Waals surface area contributed by atoms with Gasteiger partial charge >= 0.3 is 11.9 Å². The molecule has 4 rings (SSSR count). The van der Waals surface area contributed by atoms with Crippen LogP contribution in [0.15, 0.2) is 94.7 Å². The first-order chi connectivity index (χ1) is 27.1. The molecular weight excluding hydrogens is 776 g/mol. The fraction of sp³-hybridized carbons (Fsp3) is 0.391. The van der Waals surface area contributed by atoms with E-state index in [1.807, 2.05) is 17.8 Å². The largest absolute Gasteiger partial charge is 0.478 e. The normalized spacial score (nSPS) is 13.0. The third-order valence-corrected chi connectivity index (χ3v) is 13.5. The van der Waals surface area contributed by atoms with E-state index in [-0.39, 0.29) is 40.2 Å². The van der Waals surface area contributed by atoms with E-state index < -0.39 is 11.9 Å². The zero-order chi connectivity index (χ0) is 41.7. The lowest BCUT2D eigenvalue weighted by atomic mass is 9.78. The molecule has 0 aliphatic rings. The van der Waals surface area contributed by atoms with E-state index in [9.17, 15) is 19.2 Å². The first-order valence-electron chi connectivity index (χ1n) is 19.5. The number of rotatable bonds is 21. The van der Waals surface area contributed by atoms with Crippen molar-refractivity contribution in [3.63, 3.8) is 0 Å². The van der Waals surface area contributed by atoms with Gasteiger partial charge in [-0.25, -0.2) is 9.59 Å². The first kappa shape index (κ1) is 45.5. The highest BCUT2D eigenvalue weighted by Gasteiger charge is 2.26. The van der Waals surface area contributed by atoms with Crippen LogP contribution < -0.4 is 10.6 Å². The summed E-state index contributed by atoms with van der Waals surface area (Å²) < 4.78 is 0. The summed E-state index contributed by atoms with van der Waals surface area (Å²) in [4.78, 5) is 49.8. The lowest BCUT2D eigenvalue weighted by Gasteiger charge is -2.30. The van der Waals surface area contributed by atoms with Crippen molar-refractivity contribution in [2.45, 2.75) is 101 Å². The van der Waals surface area contributed by atoms with Crippen LogP contribution in [-0.4, -0.2) is 52.0 Å². The SMILES string of the molecule is CCC(C)(C)c1cc(C(C)C(C)c2cc(Cl)ccc2SCCCCC(=O)Nc2ccc(C(=O)O)cc2)ccc1SCC(C)CCNC(=O)c1ccc(C(=O)O)cc1. The number of hydrogen-bond donors (Lipinski definition) is 4. The fourth-order valence-corrected chi connectivity index (χ4v) is 8.95. The lowest BCUT2D eigenvalue weighted by molar-refractivity contribution is -0.116. The maximum absolute atomic E-state index is 12.6. The molecule has 0 bridgehead atoms. The number of aromatic carboxylic acids is 2. The van der Waals surface area contributed by atoms with Gasteiger partial charge in [-0.3, -0.25) is 9.59 Å². The van der Waals surface area contributed by atoms with E-state index in [4.69, 9.17) is 21.8 Å². The molecule has 4 N–H and O–H groups in total. The topological polar surface area (TPSA) is 133 Å². The Bertz CT molecular complexity index is 2000. The van der Waals surface area contributed by atoms with Gasteiger partial charge in [0, 0.05) is 44.8 Å². The van der Waals surface area contributed by atoms with Crippen molar-refractivity contribution < 1.29 is 29.4 Å². The maximum Gasteiger partial charge on any atom is 0.335 e. The summed E-state index contributed by atoms with van der Waals surface area (Å²) in [5.41, 5.74) is 5.20. The number of anilines is 1. The molecule has 304 valence electrons. The highest BCUT2D eigenvalue weighted by atomic mass is 35.5. The average Bonchev–Trinajstić information content (AvgIpc) is 3.19. The van der Waals surface area contributed by atoms with Crippen LogP contribution in [0.4, 0.5) is 5.69 Å². The predicted molar refractivity (Wildman–Crippen MR) is 235 cm³/mol. The number of carbonyl (C=O) groups is 4. The molecule has 0 aromatic heterocycles. The van der Waals surface area contributed by atoms with Crippen molar-refractivity contribution >= 4 is 64.6 Å². The Morgan fingerprint density at radius 3 is 2.00 bits per heavy atom. The van der Waals surface area contributed by atoms with Gasteiger partial charge in [0.25, 0.3) is 5.91 Å². The smallest absolute Gasteiger partial charge is 0.335 e.